The van der Waals surface area contributed by atoms with Crippen LogP contribution < -0.4 is 0 Å². The molecule has 6 heterocycles. The van der Waals surface area contributed by atoms with Gasteiger partial charge in [-0.15, -0.1) is 0 Å². The second kappa shape index (κ2) is 13.1. The molecule has 9 nitrogen and oxygen atoms in total. The van der Waals surface area contributed by atoms with Gasteiger partial charge in [0.1, 0.15) is 29.8 Å². The van der Waals surface area contributed by atoms with Crippen molar-refractivity contribution in [2.45, 2.75) is 203 Å². The summed E-state index contributed by atoms with van der Waals surface area (Å²) in [5.74, 6) is -1.10. The lowest BCUT2D eigenvalue weighted by molar-refractivity contribution is -0.336. The highest BCUT2D eigenvalue weighted by Gasteiger charge is 2.81. The number of carbonyl (C=O) groups is 1. The van der Waals surface area contributed by atoms with Crippen LogP contribution in [0.15, 0.2) is 23.8 Å². The molecule has 5 saturated heterocycles. The van der Waals surface area contributed by atoms with Crippen molar-refractivity contribution in [3.8, 4) is 0 Å². The van der Waals surface area contributed by atoms with Crippen molar-refractivity contribution in [1.29, 1.82) is 0 Å². The van der Waals surface area contributed by atoms with Gasteiger partial charge < -0.3 is 37.3 Å². The van der Waals surface area contributed by atoms with Crippen molar-refractivity contribution >= 4 is 22.6 Å². The monoisotopic (exact) mass is 760 g/mol. The molecule has 7 aliphatic rings. The molecule has 2 spiro atoms. The van der Waals surface area contributed by atoms with E-state index in [0.29, 0.717) is 25.4 Å². The molecule has 0 aromatic rings. The van der Waals surface area contributed by atoms with Crippen molar-refractivity contribution < 1.29 is 42.1 Å². The fourth-order valence-electron chi connectivity index (χ4n) is 10.00. The lowest BCUT2D eigenvalue weighted by Gasteiger charge is -2.52. The molecule has 0 aromatic carbocycles. The summed E-state index contributed by atoms with van der Waals surface area (Å²) in [7, 11) is -4.63. The van der Waals surface area contributed by atoms with Crippen LogP contribution in [-0.4, -0.2) is 94.5 Å². The van der Waals surface area contributed by atoms with Crippen LogP contribution in [0.3, 0.4) is 0 Å². The van der Waals surface area contributed by atoms with Gasteiger partial charge in [-0.1, -0.05) is 59.8 Å². The second-order valence-corrected chi connectivity index (χ2v) is 29.5. The molecule has 52 heavy (non-hydrogen) atoms. The third-order valence-electron chi connectivity index (χ3n) is 13.8. The minimum atomic E-state index is -2.35. The molecule has 14 atom stereocenters. The Morgan fingerprint density at radius 3 is 2.37 bits per heavy atom. The maximum absolute atomic E-state index is 15.1. The van der Waals surface area contributed by atoms with Crippen molar-refractivity contribution in [3.05, 3.63) is 23.8 Å². The molecule has 1 aliphatic carbocycles. The number of hydrogen-bond donors (Lipinski definition) is 0. The van der Waals surface area contributed by atoms with Crippen molar-refractivity contribution in [1.82, 2.24) is 0 Å². The second-order valence-electron chi connectivity index (χ2n) is 20.3. The highest BCUT2D eigenvalue weighted by Crippen LogP contribution is 2.63. The number of fused-ring (bicyclic) bond motifs is 3. The van der Waals surface area contributed by atoms with Gasteiger partial charge in [-0.3, -0.25) is 4.79 Å². The van der Waals surface area contributed by atoms with Crippen LogP contribution in [0.25, 0.3) is 0 Å². The fraction of sp³-hybridized carbons (Fsp3) is 0.878. The number of ether oxygens (including phenoxy) is 6. The number of esters is 1. The molecule has 7 rings (SSSR count). The van der Waals surface area contributed by atoms with Crippen molar-refractivity contribution in [2.75, 3.05) is 6.61 Å². The first-order valence-corrected chi connectivity index (χ1v) is 26.7. The molecule has 2 bridgehead atoms. The highest BCUT2D eigenvalue weighted by molar-refractivity contribution is 6.74. The van der Waals surface area contributed by atoms with E-state index in [0.717, 1.165) is 37.7 Å². The van der Waals surface area contributed by atoms with Crippen molar-refractivity contribution in [2.24, 2.45) is 17.8 Å². The first-order valence-electron chi connectivity index (χ1n) is 20.3. The molecule has 5 fully saturated rings. The quantitative estimate of drug-likeness (QED) is 0.119. The van der Waals surface area contributed by atoms with Gasteiger partial charge in [0, 0.05) is 25.7 Å². The Hall–Kier alpha value is -0.896. The average molecular weight is 761 g/mol. The lowest BCUT2D eigenvalue weighted by Crippen LogP contribution is -2.68. The lowest BCUT2D eigenvalue weighted by atomic mass is 9.67. The minimum Gasteiger partial charge on any atom is -0.462 e. The van der Waals surface area contributed by atoms with E-state index in [-0.39, 0.29) is 59.2 Å². The van der Waals surface area contributed by atoms with Gasteiger partial charge in [0.15, 0.2) is 28.0 Å². The third-order valence-corrected chi connectivity index (χ3v) is 19.2. The Balaban J connectivity index is 1.32. The van der Waals surface area contributed by atoms with Crippen molar-refractivity contribution in [3.63, 3.8) is 0 Å². The molecular formula is C41H68O9Si2. The van der Waals surface area contributed by atoms with Crippen LogP contribution in [-0.2, 0) is 42.1 Å². The van der Waals surface area contributed by atoms with Gasteiger partial charge in [-0.25, -0.2) is 0 Å². The summed E-state index contributed by atoms with van der Waals surface area (Å²) in [6.45, 7) is 29.2. The summed E-state index contributed by atoms with van der Waals surface area (Å²) >= 11 is 0. The standard InChI is InChI=1S/C41H68O9Si2/c1-14-31-26(3)17-18-39(46-31)23-29-20-28(45-39)21-33-38(8,47-33)22-25(2)15-16-32-40(48-32)24-43-35-34(49-52(12,13)37(5,6)7)27(4)19-30(36(42)44-29)41(35,40)50-51(9,10)11/h15-16,19,25-26,28-35H,14,17-18,20-24H2,1-13H3/t25-,26-,28-,29-,30-,31+,32-,33-,34+,35+,38-,39+,40-,41+/m0/s1. The summed E-state index contributed by atoms with van der Waals surface area (Å²) < 4.78 is 55.4. The maximum atomic E-state index is 15.1. The predicted octanol–water partition coefficient (Wildman–Crippen LogP) is 8.24. The number of hydrogen-bond acceptors (Lipinski definition) is 9. The summed E-state index contributed by atoms with van der Waals surface area (Å²) in [6, 6.07) is 0. The average Bonchev–Trinajstić information content (AvgIpc) is 3.86. The highest BCUT2D eigenvalue weighted by atomic mass is 28.4. The summed E-state index contributed by atoms with van der Waals surface area (Å²) in [4.78, 5) is 15.1. The van der Waals surface area contributed by atoms with Crippen LogP contribution in [0.1, 0.15) is 100 Å². The van der Waals surface area contributed by atoms with Crippen LogP contribution >= 0.6 is 0 Å². The Labute approximate surface area is 315 Å². The predicted molar refractivity (Wildman–Crippen MR) is 205 cm³/mol. The van der Waals surface area contributed by atoms with E-state index in [9.17, 15) is 0 Å². The van der Waals surface area contributed by atoms with Crippen LogP contribution in [0.4, 0.5) is 0 Å². The number of rotatable bonds is 5. The molecular weight excluding hydrogens is 693 g/mol. The molecule has 0 unspecified atom stereocenters. The molecule has 11 heteroatoms. The first-order chi connectivity index (χ1) is 24.1. The number of allylic oxidation sites excluding steroid dienone is 1. The smallest absolute Gasteiger partial charge is 0.316 e. The number of epoxide rings is 2. The zero-order chi connectivity index (χ0) is 37.9. The van der Waals surface area contributed by atoms with Gasteiger partial charge in [-0.2, -0.15) is 0 Å². The van der Waals surface area contributed by atoms with E-state index in [1.54, 1.807) is 0 Å². The normalized spacial score (nSPS) is 47.9. The molecule has 0 N–H and O–H groups in total. The number of carbonyl (C=O) groups excluding carboxylic acids is 1. The topological polar surface area (TPSA) is 97.5 Å². The Morgan fingerprint density at radius 1 is 0.962 bits per heavy atom. The van der Waals surface area contributed by atoms with E-state index >= 15 is 4.79 Å². The van der Waals surface area contributed by atoms with Crippen LogP contribution in [0, 0.1) is 17.8 Å². The van der Waals surface area contributed by atoms with Crippen LogP contribution in [0.2, 0.25) is 37.8 Å². The van der Waals surface area contributed by atoms with E-state index < -0.39 is 45.6 Å². The maximum Gasteiger partial charge on any atom is 0.316 e. The van der Waals surface area contributed by atoms with E-state index in [1.165, 1.54) is 0 Å². The van der Waals surface area contributed by atoms with Gasteiger partial charge in [0.25, 0.3) is 0 Å². The van der Waals surface area contributed by atoms with Gasteiger partial charge >= 0.3 is 5.97 Å². The fourth-order valence-corrected chi connectivity index (χ4v) is 12.7. The van der Waals surface area contributed by atoms with E-state index in [1.807, 2.05) is 0 Å². The molecule has 6 aliphatic heterocycles. The third kappa shape index (κ3) is 6.82. The van der Waals surface area contributed by atoms with Gasteiger partial charge in [0.2, 0.25) is 0 Å². The molecule has 0 radical (unpaired) electrons. The van der Waals surface area contributed by atoms with Gasteiger partial charge in [0.05, 0.1) is 36.6 Å². The molecule has 0 aromatic heterocycles. The van der Waals surface area contributed by atoms with E-state index in [4.69, 9.17) is 37.3 Å². The Kier molecular flexibility index (Phi) is 9.90. The van der Waals surface area contributed by atoms with Crippen LogP contribution in [0.5, 0.6) is 0 Å². The summed E-state index contributed by atoms with van der Waals surface area (Å²) in [6.07, 6.45) is 10.5. The zero-order valence-corrected chi connectivity index (χ0v) is 36.3. The first kappa shape index (κ1) is 39.3. The van der Waals surface area contributed by atoms with E-state index in [2.05, 4.69) is 106 Å². The largest absolute Gasteiger partial charge is 0.462 e. The summed E-state index contributed by atoms with van der Waals surface area (Å²) in [5.41, 5.74) is -1.22. The zero-order valence-electron chi connectivity index (χ0n) is 34.3. The van der Waals surface area contributed by atoms with Gasteiger partial charge in [-0.05, 0) is 88.3 Å². The SMILES string of the molecule is CC[C@H]1O[C@]2(CC[C@@H]1C)C[C@@H]1C[C@@H](C[C@@H]3O[C@@]3(C)C[C@@H](C)C=C[C@@H]3O[C@@]34CO[C@@H]3[C@H](O[Si](C)(C)C(C)(C)C)C(C)=C[C@@H](C(=O)O1)[C@@]34O[Si](C)(C)C)O2. The molecule has 294 valence electrons. The molecule has 0 saturated carbocycles. The molecule has 0 amide bonds. The Morgan fingerprint density at radius 2 is 1.69 bits per heavy atom. The summed E-state index contributed by atoms with van der Waals surface area (Å²) in [5, 5.41) is -0.0175. The minimum absolute atomic E-state index is 0.0175. The Bertz CT molecular complexity index is 1450.